The molecule has 1 aliphatic carbocycles. The van der Waals surface area contributed by atoms with Crippen molar-refractivity contribution < 1.29 is 9.53 Å². The molecular formula is C17H26N2O2. The van der Waals surface area contributed by atoms with Gasteiger partial charge in [0, 0.05) is 43.4 Å². The summed E-state index contributed by atoms with van der Waals surface area (Å²) in [7, 11) is 3.54. The molecular weight excluding hydrogens is 264 g/mol. The van der Waals surface area contributed by atoms with E-state index in [1.807, 2.05) is 31.2 Å². The highest BCUT2D eigenvalue weighted by Gasteiger charge is 2.48. The van der Waals surface area contributed by atoms with Crippen molar-refractivity contribution >= 4 is 11.6 Å². The van der Waals surface area contributed by atoms with Crippen LogP contribution in [0.3, 0.4) is 0 Å². The van der Waals surface area contributed by atoms with Crippen LogP contribution in [0, 0.1) is 5.41 Å². The molecule has 0 saturated heterocycles. The first kappa shape index (κ1) is 15.8. The third kappa shape index (κ3) is 3.21. The number of hydrogen-bond acceptors (Lipinski definition) is 3. The van der Waals surface area contributed by atoms with Gasteiger partial charge in [0.1, 0.15) is 0 Å². The molecule has 4 nitrogen and oxygen atoms in total. The molecule has 2 unspecified atom stereocenters. The van der Waals surface area contributed by atoms with Crippen LogP contribution in [-0.2, 0) is 4.74 Å². The van der Waals surface area contributed by atoms with Crippen LogP contribution in [0.25, 0.3) is 0 Å². The molecule has 1 aromatic rings. The number of nitrogens with one attached hydrogen (secondary N) is 1. The Morgan fingerprint density at radius 2 is 2.14 bits per heavy atom. The highest BCUT2D eigenvalue weighted by molar-refractivity contribution is 5.94. The van der Waals surface area contributed by atoms with Gasteiger partial charge in [-0.3, -0.25) is 4.79 Å². The van der Waals surface area contributed by atoms with Crippen molar-refractivity contribution in [3.05, 3.63) is 29.8 Å². The first-order chi connectivity index (χ1) is 9.86. The van der Waals surface area contributed by atoms with Crippen molar-refractivity contribution in [2.75, 3.05) is 26.0 Å². The molecule has 21 heavy (non-hydrogen) atoms. The van der Waals surface area contributed by atoms with Gasteiger partial charge in [0.2, 0.25) is 0 Å². The molecule has 1 saturated carbocycles. The molecule has 4 heteroatoms. The minimum absolute atomic E-state index is 0.0266. The number of ether oxygens (including phenoxy) is 1. The SMILES string of the molecule is CCOC1CC(Nc2cccc(C(=O)N(C)C)c2)C1(C)C. The van der Waals surface area contributed by atoms with Gasteiger partial charge in [-0.05, 0) is 31.5 Å². The standard InChI is InChI=1S/C17H26N2O2/c1-6-21-15-11-14(17(15,2)3)18-13-9-7-8-12(10-13)16(20)19(4)5/h7-10,14-15,18H,6,11H2,1-5H3. The van der Waals surface area contributed by atoms with Crippen LogP contribution >= 0.6 is 0 Å². The summed E-state index contributed by atoms with van der Waals surface area (Å²) in [5.41, 5.74) is 1.82. The number of carbonyl (C=O) groups excluding carboxylic acids is 1. The summed E-state index contributed by atoms with van der Waals surface area (Å²) in [5, 5.41) is 3.54. The van der Waals surface area contributed by atoms with E-state index in [9.17, 15) is 4.79 Å². The molecule has 0 radical (unpaired) electrons. The Balaban J connectivity index is 2.05. The van der Waals surface area contributed by atoms with E-state index < -0.39 is 0 Å². The van der Waals surface area contributed by atoms with Crippen molar-refractivity contribution in [3.63, 3.8) is 0 Å². The van der Waals surface area contributed by atoms with E-state index in [0.717, 1.165) is 18.7 Å². The van der Waals surface area contributed by atoms with Gasteiger partial charge in [-0.2, -0.15) is 0 Å². The van der Waals surface area contributed by atoms with Gasteiger partial charge in [0.15, 0.2) is 0 Å². The smallest absolute Gasteiger partial charge is 0.253 e. The molecule has 0 aromatic heterocycles. The maximum atomic E-state index is 12.0. The zero-order chi connectivity index (χ0) is 15.6. The zero-order valence-electron chi connectivity index (χ0n) is 13.6. The number of rotatable bonds is 5. The second-order valence-electron chi connectivity index (χ2n) is 6.48. The Kier molecular flexibility index (Phi) is 4.57. The lowest BCUT2D eigenvalue weighted by atomic mass is 9.64. The Morgan fingerprint density at radius 1 is 1.43 bits per heavy atom. The van der Waals surface area contributed by atoms with Crippen LogP contribution in [0.15, 0.2) is 24.3 Å². The molecule has 1 aliphatic rings. The van der Waals surface area contributed by atoms with E-state index in [4.69, 9.17) is 4.74 Å². The van der Waals surface area contributed by atoms with E-state index in [-0.39, 0.29) is 11.3 Å². The van der Waals surface area contributed by atoms with Gasteiger partial charge in [-0.25, -0.2) is 0 Å². The van der Waals surface area contributed by atoms with Gasteiger partial charge in [-0.1, -0.05) is 19.9 Å². The van der Waals surface area contributed by atoms with Crippen LogP contribution in [0.2, 0.25) is 0 Å². The summed E-state index contributed by atoms with van der Waals surface area (Å²) in [5.74, 6) is 0.0266. The fraction of sp³-hybridized carbons (Fsp3) is 0.588. The molecule has 116 valence electrons. The predicted octanol–water partition coefficient (Wildman–Crippen LogP) is 3.00. The van der Waals surface area contributed by atoms with Crippen LogP contribution < -0.4 is 5.32 Å². The predicted molar refractivity (Wildman–Crippen MR) is 85.7 cm³/mol. The van der Waals surface area contributed by atoms with Crippen LogP contribution in [0.1, 0.15) is 37.6 Å². The van der Waals surface area contributed by atoms with E-state index in [2.05, 4.69) is 19.2 Å². The highest BCUT2D eigenvalue weighted by Crippen LogP contribution is 2.44. The number of carbonyl (C=O) groups is 1. The normalized spacial score (nSPS) is 23.3. The van der Waals surface area contributed by atoms with Crippen molar-refractivity contribution in [1.29, 1.82) is 0 Å². The van der Waals surface area contributed by atoms with E-state index in [1.165, 1.54) is 0 Å². The van der Waals surface area contributed by atoms with Crippen molar-refractivity contribution in [1.82, 2.24) is 4.90 Å². The molecule has 2 atom stereocenters. The Hall–Kier alpha value is -1.55. The van der Waals surface area contributed by atoms with Gasteiger partial charge >= 0.3 is 0 Å². The highest BCUT2D eigenvalue weighted by atomic mass is 16.5. The largest absolute Gasteiger partial charge is 0.382 e. The fourth-order valence-electron chi connectivity index (χ4n) is 2.82. The minimum atomic E-state index is 0.0266. The number of anilines is 1. The van der Waals surface area contributed by atoms with Crippen molar-refractivity contribution in [3.8, 4) is 0 Å². The topological polar surface area (TPSA) is 41.6 Å². The molecule has 0 heterocycles. The monoisotopic (exact) mass is 290 g/mol. The lowest BCUT2D eigenvalue weighted by molar-refractivity contribution is -0.0975. The number of nitrogens with zero attached hydrogens (tertiary/aromatic N) is 1. The van der Waals surface area contributed by atoms with Gasteiger partial charge in [0.05, 0.1) is 6.10 Å². The Morgan fingerprint density at radius 3 is 2.71 bits per heavy atom. The summed E-state index contributed by atoms with van der Waals surface area (Å²) < 4.78 is 5.75. The second kappa shape index (κ2) is 6.06. The average molecular weight is 290 g/mol. The number of hydrogen-bond donors (Lipinski definition) is 1. The van der Waals surface area contributed by atoms with E-state index >= 15 is 0 Å². The lowest BCUT2D eigenvalue weighted by Crippen LogP contribution is -2.58. The molecule has 1 N–H and O–H groups in total. The Bertz CT molecular complexity index is 511. The molecule has 0 spiro atoms. The van der Waals surface area contributed by atoms with E-state index in [1.54, 1.807) is 19.0 Å². The summed E-state index contributed by atoms with van der Waals surface area (Å²) in [6.07, 6.45) is 1.32. The number of amides is 1. The van der Waals surface area contributed by atoms with Gasteiger partial charge in [-0.15, -0.1) is 0 Å². The summed E-state index contributed by atoms with van der Waals surface area (Å²) in [6.45, 7) is 7.24. The first-order valence-corrected chi connectivity index (χ1v) is 7.56. The quantitative estimate of drug-likeness (QED) is 0.906. The third-order valence-electron chi connectivity index (χ3n) is 4.40. The van der Waals surface area contributed by atoms with Gasteiger partial charge in [0.25, 0.3) is 5.91 Å². The molecule has 0 aliphatic heterocycles. The first-order valence-electron chi connectivity index (χ1n) is 7.56. The van der Waals surface area contributed by atoms with Gasteiger partial charge < -0.3 is 15.0 Å². The van der Waals surface area contributed by atoms with Crippen molar-refractivity contribution in [2.45, 2.75) is 39.3 Å². The third-order valence-corrected chi connectivity index (χ3v) is 4.40. The molecule has 0 bridgehead atoms. The number of benzene rings is 1. The van der Waals surface area contributed by atoms with E-state index in [0.29, 0.717) is 17.7 Å². The summed E-state index contributed by atoms with van der Waals surface area (Å²) in [4.78, 5) is 13.6. The van der Waals surface area contributed by atoms with Crippen LogP contribution in [-0.4, -0.2) is 43.7 Å². The lowest BCUT2D eigenvalue weighted by Gasteiger charge is -2.52. The summed E-state index contributed by atoms with van der Waals surface area (Å²) >= 11 is 0. The second-order valence-corrected chi connectivity index (χ2v) is 6.48. The van der Waals surface area contributed by atoms with Crippen LogP contribution in [0.5, 0.6) is 0 Å². The molecule has 1 aromatic carbocycles. The fourth-order valence-corrected chi connectivity index (χ4v) is 2.82. The zero-order valence-corrected chi connectivity index (χ0v) is 13.6. The molecule has 1 fully saturated rings. The minimum Gasteiger partial charge on any atom is -0.382 e. The Labute approximate surface area is 127 Å². The van der Waals surface area contributed by atoms with Crippen LogP contribution in [0.4, 0.5) is 5.69 Å². The van der Waals surface area contributed by atoms with Crippen molar-refractivity contribution in [2.24, 2.45) is 5.41 Å². The average Bonchev–Trinajstić information content (AvgIpc) is 2.45. The maximum absolute atomic E-state index is 12.0. The summed E-state index contributed by atoms with van der Waals surface area (Å²) in [6, 6.07) is 8.08. The molecule has 2 rings (SSSR count). The maximum Gasteiger partial charge on any atom is 0.253 e. The molecule has 1 amide bonds.